The van der Waals surface area contributed by atoms with Crippen molar-refractivity contribution in [3.63, 3.8) is 0 Å². The van der Waals surface area contributed by atoms with Crippen molar-refractivity contribution in [2.75, 3.05) is 13.7 Å². The maximum atomic E-state index is 5.49. The van der Waals surface area contributed by atoms with Gasteiger partial charge in [-0.25, -0.2) is 0 Å². The average molecular weight is 288 g/mol. The van der Waals surface area contributed by atoms with E-state index in [9.17, 15) is 0 Å². The van der Waals surface area contributed by atoms with Gasteiger partial charge in [-0.3, -0.25) is 9.67 Å². The van der Waals surface area contributed by atoms with Crippen molar-refractivity contribution < 1.29 is 4.74 Å². The lowest BCUT2D eigenvalue weighted by atomic mass is 10.1. The van der Waals surface area contributed by atoms with Crippen molar-refractivity contribution >= 4 is 0 Å². The van der Waals surface area contributed by atoms with Gasteiger partial charge in [0.15, 0.2) is 5.75 Å². The lowest BCUT2D eigenvalue weighted by Gasteiger charge is -2.20. The SMILES string of the molecule is CCCNC(c1cc(C)ccn1)c1c(OC)cnn1CC. The van der Waals surface area contributed by atoms with E-state index in [0.717, 1.165) is 36.6 Å². The van der Waals surface area contributed by atoms with Crippen LogP contribution < -0.4 is 10.1 Å². The molecule has 0 aliphatic carbocycles. The van der Waals surface area contributed by atoms with Gasteiger partial charge in [0, 0.05) is 12.7 Å². The van der Waals surface area contributed by atoms with Crippen LogP contribution in [-0.2, 0) is 6.54 Å². The van der Waals surface area contributed by atoms with E-state index in [1.54, 1.807) is 13.3 Å². The maximum absolute atomic E-state index is 5.49. The molecule has 0 fully saturated rings. The zero-order valence-corrected chi connectivity index (χ0v) is 13.3. The van der Waals surface area contributed by atoms with Gasteiger partial charge in [0.2, 0.25) is 0 Å². The van der Waals surface area contributed by atoms with Crippen molar-refractivity contribution in [1.29, 1.82) is 0 Å². The number of nitrogens with one attached hydrogen (secondary N) is 1. The largest absolute Gasteiger partial charge is 0.493 e. The number of pyridine rings is 1. The molecule has 0 radical (unpaired) electrons. The van der Waals surface area contributed by atoms with Gasteiger partial charge >= 0.3 is 0 Å². The van der Waals surface area contributed by atoms with Crippen LogP contribution in [0.5, 0.6) is 5.75 Å². The molecule has 1 N–H and O–H groups in total. The molecule has 2 aromatic heterocycles. The summed E-state index contributed by atoms with van der Waals surface area (Å²) in [6.07, 6.45) is 4.69. The fourth-order valence-corrected chi connectivity index (χ4v) is 2.43. The molecule has 2 aromatic rings. The molecule has 0 saturated carbocycles. The molecular formula is C16H24N4O. The standard InChI is InChI=1S/C16H24N4O/c1-5-8-18-15(13-10-12(3)7-9-17-13)16-14(21-4)11-19-20(16)6-2/h7,9-11,15,18H,5-6,8H2,1-4H3. The number of methoxy groups -OCH3 is 1. The zero-order chi connectivity index (χ0) is 15.2. The molecule has 0 aliphatic rings. The van der Waals surface area contributed by atoms with Crippen LogP contribution in [0, 0.1) is 6.92 Å². The lowest BCUT2D eigenvalue weighted by molar-refractivity contribution is 0.398. The van der Waals surface area contributed by atoms with E-state index < -0.39 is 0 Å². The van der Waals surface area contributed by atoms with Crippen LogP contribution in [0.2, 0.25) is 0 Å². The summed E-state index contributed by atoms with van der Waals surface area (Å²) < 4.78 is 7.46. The number of hydrogen-bond donors (Lipinski definition) is 1. The predicted molar refractivity (Wildman–Crippen MR) is 83.6 cm³/mol. The molecule has 1 unspecified atom stereocenters. The van der Waals surface area contributed by atoms with Crippen molar-refractivity contribution in [1.82, 2.24) is 20.1 Å². The Morgan fingerprint density at radius 3 is 2.81 bits per heavy atom. The molecule has 0 bridgehead atoms. The average Bonchev–Trinajstić information content (AvgIpc) is 2.91. The minimum atomic E-state index is -0.0118. The number of ether oxygens (including phenoxy) is 1. The molecule has 21 heavy (non-hydrogen) atoms. The van der Waals surface area contributed by atoms with Gasteiger partial charge in [-0.05, 0) is 44.5 Å². The summed E-state index contributed by atoms with van der Waals surface area (Å²) in [6.45, 7) is 8.03. The molecule has 2 heterocycles. The number of rotatable bonds is 7. The summed E-state index contributed by atoms with van der Waals surface area (Å²) >= 11 is 0. The Morgan fingerprint density at radius 1 is 1.38 bits per heavy atom. The van der Waals surface area contributed by atoms with Gasteiger partial charge in [-0.2, -0.15) is 5.10 Å². The molecule has 0 saturated heterocycles. The first-order chi connectivity index (χ1) is 10.2. The Morgan fingerprint density at radius 2 is 2.19 bits per heavy atom. The first kappa shape index (κ1) is 15.5. The second-order valence-electron chi connectivity index (χ2n) is 5.06. The van der Waals surface area contributed by atoms with Crippen LogP contribution >= 0.6 is 0 Å². The van der Waals surface area contributed by atoms with Crippen LogP contribution in [-0.4, -0.2) is 28.4 Å². The van der Waals surface area contributed by atoms with Crippen LogP contribution in [0.4, 0.5) is 0 Å². The molecule has 114 valence electrons. The van der Waals surface area contributed by atoms with E-state index >= 15 is 0 Å². The topological polar surface area (TPSA) is 52.0 Å². The first-order valence-electron chi connectivity index (χ1n) is 7.46. The Bertz CT molecular complexity index is 558. The van der Waals surface area contributed by atoms with E-state index in [1.165, 1.54) is 5.56 Å². The van der Waals surface area contributed by atoms with Crippen LogP contribution in [0.25, 0.3) is 0 Å². The van der Waals surface area contributed by atoms with E-state index in [4.69, 9.17) is 4.74 Å². The van der Waals surface area contributed by atoms with Crippen molar-refractivity contribution in [2.24, 2.45) is 0 Å². The van der Waals surface area contributed by atoms with Gasteiger partial charge in [-0.1, -0.05) is 6.92 Å². The van der Waals surface area contributed by atoms with Gasteiger partial charge in [0.1, 0.15) is 5.69 Å². The van der Waals surface area contributed by atoms with E-state index in [-0.39, 0.29) is 6.04 Å². The van der Waals surface area contributed by atoms with Gasteiger partial charge in [0.05, 0.1) is 25.0 Å². The molecule has 1 atom stereocenters. The first-order valence-corrected chi connectivity index (χ1v) is 7.46. The molecule has 0 aromatic carbocycles. The highest BCUT2D eigenvalue weighted by Gasteiger charge is 2.23. The second-order valence-corrected chi connectivity index (χ2v) is 5.06. The third kappa shape index (κ3) is 3.42. The molecule has 5 heteroatoms. The third-order valence-electron chi connectivity index (χ3n) is 3.47. The minimum absolute atomic E-state index is 0.0118. The van der Waals surface area contributed by atoms with Crippen molar-refractivity contribution in [3.8, 4) is 5.75 Å². The number of hydrogen-bond acceptors (Lipinski definition) is 4. The summed E-state index contributed by atoms with van der Waals surface area (Å²) in [4.78, 5) is 4.54. The maximum Gasteiger partial charge on any atom is 0.161 e. The number of aromatic nitrogens is 3. The van der Waals surface area contributed by atoms with Crippen LogP contribution in [0.1, 0.15) is 43.3 Å². The predicted octanol–water partition coefficient (Wildman–Crippen LogP) is 2.70. The normalized spacial score (nSPS) is 12.4. The highest BCUT2D eigenvalue weighted by Crippen LogP contribution is 2.29. The summed E-state index contributed by atoms with van der Waals surface area (Å²) in [7, 11) is 1.68. The third-order valence-corrected chi connectivity index (χ3v) is 3.47. The van der Waals surface area contributed by atoms with Crippen molar-refractivity contribution in [2.45, 2.75) is 39.8 Å². The zero-order valence-electron chi connectivity index (χ0n) is 13.3. The Kier molecular flexibility index (Phi) is 5.33. The summed E-state index contributed by atoms with van der Waals surface area (Å²) in [6, 6.07) is 4.11. The molecule has 5 nitrogen and oxygen atoms in total. The number of nitrogens with zero attached hydrogens (tertiary/aromatic N) is 3. The summed E-state index contributed by atoms with van der Waals surface area (Å²) in [5.41, 5.74) is 3.23. The minimum Gasteiger partial charge on any atom is -0.493 e. The van der Waals surface area contributed by atoms with E-state index in [2.05, 4.69) is 42.2 Å². The van der Waals surface area contributed by atoms with Gasteiger partial charge in [-0.15, -0.1) is 0 Å². The van der Waals surface area contributed by atoms with Crippen molar-refractivity contribution in [3.05, 3.63) is 41.5 Å². The fraction of sp³-hybridized carbons (Fsp3) is 0.500. The molecule has 2 rings (SSSR count). The Labute approximate surface area is 126 Å². The smallest absolute Gasteiger partial charge is 0.161 e. The van der Waals surface area contributed by atoms with Gasteiger partial charge in [0.25, 0.3) is 0 Å². The molecule has 0 aliphatic heterocycles. The number of aryl methyl sites for hydroxylation is 2. The quantitative estimate of drug-likeness (QED) is 0.851. The van der Waals surface area contributed by atoms with Crippen LogP contribution in [0.3, 0.4) is 0 Å². The fourth-order valence-electron chi connectivity index (χ4n) is 2.43. The van der Waals surface area contributed by atoms with E-state index in [0.29, 0.717) is 0 Å². The Hall–Kier alpha value is -1.88. The highest BCUT2D eigenvalue weighted by atomic mass is 16.5. The molecule has 0 amide bonds. The molecule has 0 spiro atoms. The van der Waals surface area contributed by atoms with Crippen LogP contribution in [0.15, 0.2) is 24.5 Å². The summed E-state index contributed by atoms with van der Waals surface area (Å²) in [5.74, 6) is 0.800. The van der Waals surface area contributed by atoms with E-state index in [1.807, 2.05) is 16.9 Å². The highest BCUT2D eigenvalue weighted by molar-refractivity contribution is 5.35. The lowest BCUT2D eigenvalue weighted by Crippen LogP contribution is -2.27. The Balaban J connectivity index is 2.47. The summed E-state index contributed by atoms with van der Waals surface area (Å²) in [5, 5.41) is 7.97. The monoisotopic (exact) mass is 288 g/mol. The second kappa shape index (κ2) is 7.22. The van der Waals surface area contributed by atoms with Gasteiger partial charge < -0.3 is 10.1 Å². The molecular weight excluding hydrogens is 264 g/mol.